The molecule has 0 spiro atoms. The number of hydrogen-bond donors (Lipinski definition) is 1. The highest BCUT2D eigenvalue weighted by molar-refractivity contribution is 5.31. The Labute approximate surface area is 92.1 Å². The van der Waals surface area contributed by atoms with Gasteiger partial charge in [-0.2, -0.15) is 4.68 Å². The first-order valence-corrected chi connectivity index (χ1v) is 4.95. The Morgan fingerprint density at radius 3 is 2.69 bits per heavy atom. The van der Waals surface area contributed by atoms with E-state index >= 15 is 0 Å². The first kappa shape index (κ1) is 10.7. The van der Waals surface area contributed by atoms with Crippen LogP contribution >= 0.6 is 0 Å². The van der Waals surface area contributed by atoms with Gasteiger partial charge in [0.2, 0.25) is 0 Å². The third-order valence-electron chi connectivity index (χ3n) is 2.11. The number of nitrogens with two attached hydrogens (primary N) is 1. The summed E-state index contributed by atoms with van der Waals surface area (Å²) in [5, 5.41) is 11.3. The van der Waals surface area contributed by atoms with E-state index in [1.165, 1.54) is 12.1 Å². The lowest BCUT2D eigenvalue weighted by Crippen LogP contribution is -2.20. The molecule has 1 unspecified atom stereocenters. The second kappa shape index (κ2) is 4.36. The molecular formula is C10H12FN5. The predicted molar refractivity (Wildman–Crippen MR) is 56.5 cm³/mol. The second-order valence-corrected chi connectivity index (χ2v) is 3.66. The number of aromatic nitrogens is 4. The topological polar surface area (TPSA) is 69.6 Å². The predicted octanol–water partition coefficient (Wildman–Crippen LogP) is 0.691. The molecule has 1 atom stereocenters. The van der Waals surface area contributed by atoms with Crippen LogP contribution in [0.15, 0.2) is 24.3 Å². The van der Waals surface area contributed by atoms with Crippen molar-refractivity contribution in [3.63, 3.8) is 0 Å². The molecule has 6 heteroatoms. The fourth-order valence-electron chi connectivity index (χ4n) is 1.40. The van der Waals surface area contributed by atoms with Gasteiger partial charge in [0.25, 0.3) is 0 Å². The van der Waals surface area contributed by atoms with Gasteiger partial charge >= 0.3 is 0 Å². The molecule has 84 valence electrons. The summed E-state index contributed by atoms with van der Waals surface area (Å²) in [7, 11) is 0. The van der Waals surface area contributed by atoms with Gasteiger partial charge in [-0.05, 0) is 41.6 Å². The lowest BCUT2D eigenvalue weighted by Gasteiger charge is -2.06. The van der Waals surface area contributed by atoms with Gasteiger partial charge in [-0.3, -0.25) is 0 Å². The van der Waals surface area contributed by atoms with Crippen molar-refractivity contribution in [1.82, 2.24) is 20.2 Å². The van der Waals surface area contributed by atoms with Crippen LogP contribution in [0.2, 0.25) is 0 Å². The third kappa shape index (κ3) is 2.22. The van der Waals surface area contributed by atoms with Gasteiger partial charge < -0.3 is 5.73 Å². The molecule has 0 radical (unpaired) electrons. The van der Waals surface area contributed by atoms with Gasteiger partial charge in [0, 0.05) is 12.5 Å². The lowest BCUT2D eigenvalue weighted by atomic mass is 10.2. The van der Waals surface area contributed by atoms with E-state index in [9.17, 15) is 4.39 Å². The minimum atomic E-state index is -0.287. The maximum absolute atomic E-state index is 12.8. The van der Waals surface area contributed by atoms with E-state index in [0.29, 0.717) is 12.2 Å². The molecule has 2 rings (SSSR count). The first-order valence-electron chi connectivity index (χ1n) is 4.95. The Morgan fingerprint density at radius 2 is 2.06 bits per heavy atom. The molecule has 1 aromatic carbocycles. The van der Waals surface area contributed by atoms with E-state index in [4.69, 9.17) is 5.73 Å². The van der Waals surface area contributed by atoms with E-state index in [2.05, 4.69) is 15.5 Å². The smallest absolute Gasteiger partial charge is 0.158 e. The van der Waals surface area contributed by atoms with Gasteiger partial charge in [-0.25, -0.2) is 4.39 Å². The minimum Gasteiger partial charge on any atom is -0.328 e. The molecule has 0 saturated carbocycles. The maximum atomic E-state index is 12.8. The summed E-state index contributed by atoms with van der Waals surface area (Å²) in [6.45, 7) is 1.88. The Bertz CT molecular complexity index is 462. The zero-order valence-corrected chi connectivity index (χ0v) is 8.84. The fourth-order valence-corrected chi connectivity index (χ4v) is 1.40. The Balaban J connectivity index is 2.33. The van der Waals surface area contributed by atoms with E-state index < -0.39 is 0 Å². The molecule has 0 fully saturated rings. The standard InChI is InChI=1S/C10H12FN5/c1-7(12)6-10-13-14-15-16(10)9-4-2-8(11)3-5-9/h2-5,7H,6,12H2,1H3. The molecule has 2 N–H and O–H groups in total. The van der Waals surface area contributed by atoms with Crippen LogP contribution in [-0.2, 0) is 6.42 Å². The summed E-state index contributed by atoms with van der Waals surface area (Å²) >= 11 is 0. The van der Waals surface area contributed by atoms with E-state index in [-0.39, 0.29) is 11.9 Å². The largest absolute Gasteiger partial charge is 0.328 e. The molecule has 0 saturated heterocycles. The number of nitrogens with zero attached hydrogens (tertiary/aromatic N) is 4. The molecule has 0 aliphatic heterocycles. The van der Waals surface area contributed by atoms with Crippen molar-refractivity contribution in [3.05, 3.63) is 35.9 Å². The highest BCUT2D eigenvalue weighted by atomic mass is 19.1. The summed E-state index contributed by atoms with van der Waals surface area (Å²) < 4.78 is 14.3. The molecule has 1 heterocycles. The van der Waals surface area contributed by atoms with Crippen LogP contribution in [0.1, 0.15) is 12.7 Å². The zero-order valence-electron chi connectivity index (χ0n) is 8.84. The van der Waals surface area contributed by atoms with Crippen LogP contribution in [0.25, 0.3) is 5.69 Å². The summed E-state index contributed by atoms with van der Waals surface area (Å²) in [4.78, 5) is 0. The minimum absolute atomic E-state index is 0.0230. The van der Waals surface area contributed by atoms with Crippen molar-refractivity contribution in [1.29, 1.82) is 0 Å². The highest BCUT2D eigenvalue weighted by Gasteiger charge is 2.09. The second-order valence-electron chi connectivity index (χ2n) is 3.66. The van der Waals surface area contributed by atoms with Crippen molar-refractivity contribution in [2.24, 2.45) is 5.73 Å². The van der Waals surface area contributed by atoms with Crippen LogP contribution in [0.3, 0.4) is 0 Å². The average Bonchev–Trinajstić information content (AvgIpc) is 2.66. The quantitative estimate of drug-likeness (QED) is 0.827. The van der Waals surface area contributed by atoms with Gasteiger partial charge in [0.15, 0.2) is 5.82 Å². The number of halogens is 1. The van der Waals surface area contributed by atoms with E-state index in [1.54, 1.807) is 16.8 Å². The van der Waals surface area contributed by atoms with Gasteiger partial charge in [-0.1, -0.05) is 0 Å². The van der Waals surface area contributed by atoms with Crippen molar-refractivity contribution in [2.75, 3.05) is 0 Å². The SMILES string of the molecule is CC(N)Cc1nnnn1-c1ccc(F)cc1. The number of tetrazole rings is 1. The molecule has 0 aliphatic carbocycles. The summed E-state index contributed by atoms with van der Waals surface area (Å²) in [6, 6.07) is 5.96. The van der Waals surface area contributed by atoms with Gasteiger partial charge in [0.1, 0.15) is 5.82 Å². The number of hydrogen-bond acceptors (Lipinski definition) is 4. The summed E-state index contributed by atoms with van der Waals surface area (Å²) in [6.07, 6.45) is 0.574. The van der Waals surface area contributed by atoms with Crippen molar-refractivity contribution in [3.8, 4) is 5.69 Å². The Hall–Kier alpha value is -1.82. The molecule has 1 aromatic heterocycles. The Morgan fingerprint density at radius 1 is 1.38 bits per heavy atom. The Kier molecular flexibility index (Phi) is 2.91. The maximum Gasteiger partial charge on any atom is 0.158 e. The highest BCUT2D eigenvalue weighted by Crippen LogP contribution is 2.09. The number of benzene rings is 1. The van der Waals surface area contributed by atoms with Crippen LogP contribution < -0.4 is 5.73 Å². The number of rotatable bonds is 3. The molecule has 0 amide bonds. The lowest BCUT2D eigenvalue weighted by molar-refractivity contribution is 0.625. The average molecular weight is 221 g/mol. The third-order valence-corrected chi connectivity index (χ3v) is 2.11. The van der Waals surface area contributed by atoms with Gasteiger partial charge in [-0.15, -0.1) is 5.10 Å². The molecular weight excluding hydrogens is 209 g/mol. The van der Waals surface area contributed by atoms with Gasteiger partial charge in [0.05, 0.1) is 5.69 Å². The van der Waals surface area contributed by atoms with Crippen molar-refractivity contribution in [2.45, 2.75) is 19.4 Å². The zero-order chi connectivity index (χ0) is 11.5. The summed E-state index contributed by atoms with van der Waals surface area (Å²) in [5.74, 6) is 0.382. The first-order chi connectivity index (χ1) is 7.66. The molecule has 16 heavy (non-hydrogen) atoms. The molecule has 0 bridgehead atoms. The molecule has 0 aliphatic rings. The molecule has 5 nitrogen and oxygen atoms in total. The van der Waals surface area contributed by atoms with Crippen LogP contribution in [0.5, 0.6) is 0 Å². The van der Waals surface area contributed by atoms with Crippen molar-refractivity contribution >= 4 is 0 Å². The van der Waals surface area contributed by atoms with Crippen LogP contribution in [0.4, 0.5) is 4.39 Å². The van der Waals surface area contributed by atoms with E-state index in [0.717, 1.165) is 5.69 Å². The van der Waals surface area contributed by atoms with Crippen molar-refractivity contribution < 1.29 is 4.39 Å². The molecule has 2 aromatic rings. The van der Waals surface area contributed by atoms with Crippen LogP contribution in [-0.4, -0.2) is 26.2 Å². The van der Waals surface area contributed by atoms with Crippen LogP contribution in [0, 0.1) is 5.82 Å². The normalized spacial score (nSPS) is 12.7. The fraction of sp³-hybridized carbons (Fsp3) is 0.300. The summed E-state index contributed by atoms with van der Waals surface area (Å²) in [5.41, 5.74) is 6.41. The van der Waals surface area contributed by atoms with E-state index in [1.807, 2.05) is 6.92 Å². The monoisotopic (exact) mass is 221 g/mol.